The summed E-state index contributed by atoms with van der Waals surface area (Å²) >= 11 is 0. The number of likely N-dealkylation sites (tertiary alicyclic amines) is 1. The summed E-state index contributed by atoms with van der Waals surface area (Å²) < 4.78 is 0. The van der Waals surface area contributed by atoms with Gasteiger partial charge in [-0.15, -0.1) is 0 Å². The van der Waals surface area contributed by atoms with Gasteiger partial charge in [-0.05, 0) is 54.0 Å². The summed E-state index contributed by atoms with van der Waals surface area (Å²) in [5.41, 5.74) is 2.86. The summed E-state index contributed by atoms with van der Waals surface area (Å²) in [6.07, 6.45) is 2.76. The average molecular weight is 270 g/mol. The molecular formula is C17H22N2O. The van der Waals surface area contributed by atoms with Crippen molar-refractivity contribution in [2.45, 2.75) is 44.6 Å². The van der Waals surface area contributed by atoms with Crippen molar-refractivity contribution in [3.8, 4) is 11.8 Å². The molecule has 106 valence electrons. The van der Waals surface area contributed by atoms with Crippen molar-refractivity contribution < 1.29 is 5.11 Å². The van der Waals surface area contributed by atoms with E-state index in [1.54, 1.807) is 6.07 Å². The lowest BCUT2D eigenvalue weighted by Crippen LogP contribution is -2.58. The summed E-state index contributed by atoms with van der Waals surface area (Å²) in [4.78, 5) is 2.49. The molecule has 20 heavy (non-hydrogen) atoms. The number of aromatic hydroxyl groups is 1. The molecule has 0 radical (unpaired) electrons. The Hall–Kier alpha value is -1.53. The van der Waals surface area contributed by atoms with E-state index in [9.17, 15) is 5.11 Å². The van der Waals surface area contributed by atoms with Crippen LogP contribution >= 0.6 is 0 Å². The number of fused-ring (bicyclic) bond motifs is 4. The van der Waals surface area contributed by atoms with Gasteiger partial charge in [0.1, 0.15) is 5.75 Å². The van der Waals surface area contributed by atoms with Crippen LogP contribution in [0.2, 0.25) is 0 Å². The van der Waals surface area contributed by atoms with Gasteiger partial charge in [-0.25, -0.2) is 0 Å². The fraction of sp³-hybridized carbons (Fsp3) is 0.588. The lowest BCUT2D eigenvalue weighted by molar-refractivity contribution is 0.0329. The first kappa shape index (κ1) is 13.5. The van der Waals surface area contributed by atoms with Crippen LogP contribution in [-0.4, -0.2) is 29.1 Å². The zero-order valence-corrected chi connectivity index (χ0v) is 12.3. The van der Waals surface area contributed by atoms with Gasteiger partial charge in [0.2, 0.25) is 0 Å². The smallest absolute Gasteiger partial charge is 0.115 e. The molecule has 0 aromatic heterocycles. The molecule has 3 atom stereocenters. The molecule has 2 bridgehead atoms. The minimum atomic E-state index is 0.153. The number of rotatable bonds is 2. The van der Waals surface area contributed by atoms with Crippen LogP contribution < -0.4 is 0 Å². The number of phenolic OH excluding ortho intramolecular Hbond substituents is 1. The van der Waals surface area contributed by atoms with E-state index in [1.807, 2.05) is 6.07 Å². The monoisotopic (exact) mass is 270 g/mol. The zero-order chi connectivity index (χ0) is 14.3. The van der Waals surface area contributed by atoms with E-state index in [1.165, 1.54) is 11.1 Å². The Labute approximate surface area is 120 Å². The molecule has 1 aliphatic heterocycles. The number of piperidine rings is 1. The van der Waals surface area contributed by atoms with Crippen LogP contribution in [0.1, 0.15) is 37.8 Å². The second-order valence-electron chi connectivity index (χ2n) is 6.51. The van der Waals surface area contributed by atoms with Gasteiger partial charge < -0.3 is 5.11 Å². The maximum Gasteiger partial charge on any atom is 0.115 e. The van der Waals surface area contributed by atoms with Crippen LogP contribution in [0.4, 0.5) is 0 Å². The summed E-state index contributed by atoms with van der Waals surface area (Å²) in [5, 5.41) is 18.6. The van der Waals surface area contributed by atoms with Crippen molar-refractivity contribution in [1.82, 2.24) is 4.90 Å². The van der Waals surface area contributed by atoms with Crippen molar-refractivity contribution in [2.24, 2.45) is 5.92 Å². The summed E-state index contributed by atoms with van der Waals surface area (Å²) in [6.45, 7) is 6.61. The fourth-order valence-electron chi connectivity index (χ4n) is 4.17. The summed E-state index contributed by atoms with van der Waals surface area (Å²) in [5.74, 6) is 0.937. The molecule has 3 nitrogen and oxygen atoms in total. The lowest BCUT2D eigenvalue weighted by Gasteiger charge is -2.54. The van der Waals surface area contributed by atoms with E-state index < -0.39 is 0 Å². The minimum absolute atomic E-state index is 0.153. The van der Waals surface area contributed by atoms with Crippen molar-refractivity contribution in [2.75, 3.05) is 13.1 Å². The standard InChI is InChI=1S/C17H22N2O/c1-12-16-10-13-4-5-14(20)11-15(13)17(12,2)6-9-19(16)8-3-7-18/h4-5,11-12,16,20H,3,6,8-10H2,1-2H3/t12-,16+,17+/m1/s1. The van der Waals surface area contributed by atoms with Crippen molar-refractivity contribution in [3.05, 3.63) is 29.3 Å². The molecule has 2 aliphatic rings. The highest BCUT2D eigenvalue weighted by molar-refractivity contribution is 5.44. The third-order valence-electron chi connectivity index (χ3n) is 5.62. The average Bonchev–Trinajstić information content (AvgIpc) is 2.43. The van der Waals surface area contributed by atoms with Crippen molar-refractivity contribution in [1.29, 1.82) is 5.26 Å². The second kappa shape index (κ2) is 4.79. The molecule has 1 fully saturated rings. The molecule has 0 amide bonds. The Morgan fingerprint density at radius 3 is 3.05 bits per heavy atom. The molecule has 0 unspecified atom stereocenters. The molecule has 1 saturated heterocycles. The maximum atomic E-state index is 9.81. The Morgan fingerprint density at radius 1 is 1.50 bits per heavy atom. The number of nitriles is 1. The largest absolute Gasteiger partial charge is 0.508 e. The van der Waals surface area contributed by atoms with E-state index in [0.717, 1.165) is 25.9 Å². The van der Waals surface area contributed by atoms with Gasteiger partial charge in [-0.1, -0.05) is 19.9 Å². The van der Waals surface area contributed by atoms with Crippen LogP contribution in [0.25, 0.3) is 0 Å². The Balaban J connectivity index is 1.98. The summed E-state index contributed by atoms with van der Waals surface area (Å²) in [7, 11) is 0. The van der Waals surface area contributed by atoms with Gasteiger partial charge in [0, 0.05) is 19.0 Å². The molecule has 0 spiro atoms. The molecule has 1 heterocycles. The second-order valence-corrected chi connectivity index (χ2v) is 6.51. The number of phenols is 1. The van der Waals surface area contributed by atoms with E-state index in [2.05, 4.69) is 30.9 Å². The first-order chi connectivity index (χ1) is 9.56. The van der Waals surface area contributed by atoms with Crippen LogP contribution in [0, 0.1) is 17.2 Å². The van der Waals surface area contributed by atoms with E-state index in [4.69, 9.17) is 5.26 Å². The molecular weight excluding hydrogens is 248 g/mol. The third-order valence-corrected chi connectivity index (χ3v) is 5.62. The van der Waals surface area contributed by atoms with Gasteiger partial charge >= 0.3 is 0 Å². The van der Waals surface area contributed by atoms with E-state index in [-0.39, 0.29) is 5.41 Å². The molecule has 1 aliphatic carbocycles. The highest BCUT2D eigenvalue weighted by atomic mass is 16.3. The number of nitrogens with zero attached hydrogens (tertiary/aromatic N) is 2. The third kappa shape index (κ3) is 1.91. The van der Waals surface area contributed by atoms with Crippen LogP contribution in [-0.2, 0) is 11.8 Å². The van der Waals surface area contributed by atoms with Gasteiger partial charge in [0.05, 0.1) is 6.07 Å². The summed E-state index contributed by atoms with van der Waals surface area (Å²) in [6, 6.07) is 8.64. The molecule has 0 saturated carbocycles. The fourth-order valence-corrected chi connectivity index (χ4v) is 4.17. The van der Waals surface area contributed by atoms with Crippen molar-refractivity contribution >= 4 is 0 Å². The topological polar surface area (TPSA) is 47.3 Å². The Bertz CT molecular complexity index is 563. The van der Waals surface area contributed by atoms with Crippen molar-refractivity contribution in [3.63, 3.8) is 0 Å². The first-order valence-corrected chi connectivity index (χ1v) is 7.49. The molecule has 1 N–H and O–H groups in total. The van der Waals surface area contributed by atoms with Crippen LogP contribution in [0.5, 0.6) is 5.75 Å². The number of benzene rings is 1. The molecule has 3 rings (SSSR count). The van der Waals surface area contributed by atoms with Gasteiger partial charge in [0.15, 0.2) is 0 Å². The Morgan fingerprint density at radius 2 is 2.30 bits per heavy atom. The number of hydrogen-bond donors (Lipinski definition) is 1. The quantitative estimate of drug-likeness (QED) is 0.899. The minimum Gasteiger partial charge on any atom is -0.508 e. The predicted octanol–water partition coefficient (Wildman–Crippen LogP) is 2.83. The lowest BCUT2D eigenvalue weighted by atomic mass is 9.59. The van der Waals surface area contributed by atoms with Crippen LogP contribution in [0.3, 0.4) is 0 Å². The molecule has 1 aromatic rings. The molecule has 1 aromatic carbocycles. The normalized spacial score (nSPS) is 32.5. The maximum absolute atomic E-state index is 9.81. The number of hydrogen-bond acceptors (Lipinski definition) is 3. The highest BCUT2D eigenvalue weighted by Gasteiger charge is 2.48. The first-order valence-electron chi connectivity index (χ1n) is 7.49. The highest BCUT2D eigenvalue weighted by Crippen LogP contribution is 2.49. The van der Waals surface area contributed by atoms with E-state index >= 15 is 0 Å². The van der Waals surface area contributed by atoms with Gasteiger partial charge in [-0.2, -0.15) is 5.26 Å². The Kier molecular flexibility index (Phi) is 3.22. The van der Waals surface area contributed by atoms with Gasteiger partial charge in [0.25, 0.3) is 0 Å². The zero-order valence-electron chi connectivity index (χ0n) is 12.3. The predicted molar refractivity (Wildman–Crippen MR) is 78.5 cm³/mol. The van der Waals surface area contributed by atoms with E-state index in [0.29, 0.717) is 24.1 Å². The van der Waals surface area contributed by atoms with Gasteiger partial charge in [-0.3, -0.25) is 4.90 Å². The van der Waals surface area contributed by atoms with Crippen LogP contribution in [0.15, 0.2) is 18.2 Å². The molecule has 3 heteroatoms. The SMILES string of the molecule is C[C@@H]1[C@@H]2Cc3ccc(O)cc3[C@@]1(C)CCN2CCC#N.